The van der Waals surface area contributed by atoms with Gasteiger partial charge in [0, 0.05) is 19.1 Å². The molecule has 1 aromatic heterocycles. The SMILES string of the molecule is O=C(c1ccc(COc2ccc(F)cc2)o1)N1CCC(NCC2CC2)CC1. The number of piperidine rings is 1. The van der Waals surface area contributed by atoms with Crippen molar-refractivity contribution in [2.24, 2.45) is 5.92 Å². The first-order valence-corrected chi connectivity index (χ1v) is 9.67. The van der Waals surface area contributed by atoms with E-state index in [9.17, 15) is 9.18 Å². The molecule has 0 radical (unpaired) electrons. The van der Waals surface area contributed by atoms with Crippen LogP contribution in [0.1, 0.15) is 42.0 Å². The molecule has 144 valence electrons. The predicted octanol–water partition coefficient (Wildman–Crippen LogP) is 3.60. The number of hydrogen-bond donors (Lipinski definition) is 1. The highest BCUT2D eigenvalue weighted by Gasteiger charge is 2.27. The van der Waals surface area contributed by atoms with Crippen LogP contribution in [0.5, 0.6) is 5.75 Å². The standard InChI is InChI=1S/C21H25FN2O3/c22-16-3-5-18(6-4-16)26-14-19-7-8-20(27-19)21(25)24-11-9-17(10-12-24)23-13-15-1-2-15/h3-8,15,17,23H,1-2,9-14H2. The zero-order valence-electron chi connectivity index (χ0n) is 15.3. The molecular weight excluding hydrogens is 347 g/mol. The van der Waals surface area contributed by atoms with Crippen molar-refractivity contribution >= 4 is 5.91 Å². The average molecular weight is 372 g/mol. The van der Waals surface area contributed by atoms with E-state index >= 15 is 0 Å². The third kappa shape index (κ3) is 4.89. The second-order valence-electron chi connectivity index (χ2n) is 7.43. The summed E-state index contributed by atoms with van der Waals surface area (Å²) in [7, 11) is 0. The van der Waals surface area contributed by atoms with E-state index in [0.717, 1.165) is 38.4 Å². The van der Waals surface area contributed by atoms with Gasteiger partial charge in [0.2, 0.25) is 0 Å². The van der Waals surface area contributed by atoms with Gasteiger partial charge in [-0.15, -0.1) is 0 Å². The van der Waals surface area contributed by atoms with E-state index in [4.69, 9.17) is 9.15 Å². The Labute approximate surface area is 158 Å². The molecule has 1 aliphatic carbocycles. The average Bonchev–Trinajstić information content (AvgIpc) is 3.41. The van der Waals surface area contributed by atoms with Crippen molar-refractivity contribution in [3.63, 3.8) is 0 Å². The van der Waals surface area contributed by atoms with Gasteiger partial charge in [-0.25, -0.2) is 4.39 Å². The van der Waals surface area contributed by atoms with Crippen LogP contribution in [-0.4, -0.2) is 36.5 Å². The van der Waals surface area contributed by atoms with E-state index in [1.165, 1.54) is 25.0 Å². The summed E-state index contributed by atoms with van der Waals surface area (Å²) in [6, 6.07) is 9.78. The summed E-state index contributed by atoms with van der Waals surface area (Å²) in [6.45, 7) is 2.83. The molecule has 1 aliphatic heterocycles. The van der Waals surface area contributed by atoms with Gasteiger partial charge in [0.05, 0.1) is 0 Å². The van der Waals surface area contributed by atoms with Gasteiger partial charge >= 0.3 is 0 Å². The third-order valence-electron chi connectivity index (χ3n) is 5.24. The van der Waals surface area contributed by atoms with Gasteiger partial charge in [-0.1, -0.05) is 0 Å². The van der Waals surface area contributed by atoms with E-state index in [1.54, 1.807) is 24.3 Å². The van der Waals surface area contributed by atoms with Crippen LogP contribution in [0.25, 0.3) is 0 Å². The number of halogens is 1. The highest BCUT2D eigenvalue weighted by molar-refractivity contribution is 5.91. The fourth-order valence-corrected chi connectivity index (χ4v) is 3.35. The maximum Gasteiger partial charge on any atom is 0.289 e. The zero-order valence-corrected chi connectivity index (χ0v) is 15.3. The molecular formula is C21H25FN2O3. The number of rotatable bonds is 7. The minimum atomic E-state index is -0.306. The van der Waals surface area contributed by atoms with Gasteiger partial charge in [0.15, 0.2) is 5.76 Å². The number of likely N-dealkylation sites (tertiary alicyclic amines) is 1. The van der Waals surface area contributed by atoms with Crippen molar-refractivity contribution < 1.29 is 18.3 Å². The van der Waals surface area contributed by atoms with Crippen LogP contribution in [0.15, 0.2) is 40.8 Å². The van der Waals surface area contributed by atoms with Crippen LogP contribution < -0.4 is 10.1 Å². The fraction of sp³-hybridized carbons (Fsp3) is 0.476. The normalized spacial score (nSPS) is 17.9. The highest BCUT2D eigenvalue weighted by Crippen LogP contribution is 2.28. The Bertz CT molecular complexity index is 762. The summed E-state index contributed by atoms with van der Waals surface area (Å²) >= 11 is 0. The summed E-state index contributed by atoms with van der Waals surface area (Å²) < 4.78 is 24.1. The van der Waals surface area contributed by atoms with Crippen LogP contribution >= 0.6 is 0 Å². The molecule has 1 saturated carbocycles. The van der Waals surface area contributed by atoms with Crippen molar-refractivity contribution in [3.8, 4) is 5.75 Å². The molecule has 1 aromatic carbocycles. The van der Waals surface area contributed by atoms with Gasteiger partial charge in [-0.3, -0.25) is 4.79 Å². The molecule has 0 atom stereocenters. The van der Waals surface area contributed by atoms with Crippen LogP contribution in [0.4, 0.5) is 4.39 Å². The molecule has 6 heteroatoms. The predicted molar refractivity (Wildman–Crippen MR) is 99.1 cm³/mol. The Hall–Kier alpha value is -2.34. The van der Waals surface area contributed by atoms with E-state index in [2.05, 4.69) is 5.32 Å². The lowest BCUT2D eigenvalue weighted by Gasteiger charge is -2.32. The van der Waals surface area contributed by atoms with Crippen molar-refractivity contribution in [1.82, 2.24) is 10.2 Å². The van der Waals surface area contributed by atoms with Gasteiger partial charge in [0.1, 0.15) is 23.9 Å². The Morgan fingerprint density at radius 1 is 1.11 bits per heavy atom. The van der Waals surface area contributed by atoms with Crippen molar-refractivity contribution in [3.05, 3.63) is 53.7 Å². The lowest BCUT2D eigenvalue weighted by atomic mass is 10.0. The summed E-state index contributed by atoms with van der Waals surface area (Å²) in [5.41, 5.74) is 0. The summed E-state index contributed by atoms with van der Waals surface area (Å²) in [5.74, 6) is 1.98. The molecule has 4 rings (SSSR count). The lowest BCUT2D eigenvalue weighted by Crippen LogP contribution is -2.45. The van der Waals surface area contributed by atoms with Crippen LogP contribution in [0.2, 0.25) is 0 Å². The molecule has 1 amide bonds. The molecule has 2 fully saturated rings. The number of nitrogens with one attached hydrogen (secondary N) is 1. The molecule has 2 aliphatic rings. The monoisotopic (exact) mass is 372 g/mol. The van der Waals surface area contributed by atoms with Gasteiger partial charge < -0.3 is 19.4 Å². The first-order valence-electron chi connectivity index (χ1n) is 9.67. The Balaban J connectivity index is 1.25. The maximum absolute atomic E-state index is 12.9. The largest absolute Gasteiger partial charge is 0.486 e. The molecule has 2 heterocycles. The van der Waals surface area contributed by atoms with Crippen LogP contribution in [-0.2, 0) is 6.61 Å². The van der Waals surface area contributed by atoms with E-state index in [-0.39, 0.29) is 18.3 Å². The number of carbonyl (C=O) groups is 1. The minimum Gasteiger partial charge on any atom is -0.486 e. The molecule has 1 N–H and O–H groups in total. The van der Waals surface area contributed by atoms with Crippen molar-refractivity contribution in [2.75, 3.05) is 19.6 Å². The van der Waals surface area contributed by atoms with E-state index in [0.29, 0.717) is 23.3 Å². The zero-order chi connectivity index (χ0) is 18.6. The number of carbonyl (C=O) groups excluding carboxylic acids is 1. The molecule has 0 unspecified atom stereocenters. The number of hydrogen-bond acceptors (Lipinski definition) is 4. The second-order valence-corrected chi connectivity index (χ2v) is 7.43. The molecule has 1 saturated heterocycles. The molecule has 0 bridgehead atoms. The smallest absolute Gasteiger partial charge is 0.289 e. The highest BCUT2D eigenvalue weighted by atomic mass is 19.1. The van der Waals surface area contributed by atoms with Gasteiger partial charge in [-0.2, -0.15) is 0 Å². The molecule has 5 nitrogen and oxygen atoms in total. The third-order valence-corrected chi connectivity index (χ3v) is 5.24. The lowest BCUT2D eigenvalue weighted by molar-refractivity contribution is 0.0669. The van der Waals surface area contributed by atoms with E-state index in [1.807, 2.05) is 4.90 Å². The molecule has 27 heavy (non-hydrogen) atoms. The summed E-state index contributed by atoms with van der Waals surface area (Å²) in [4.78, 5) is 14.5. The molecule has 2 aromatic rings. The van der Waals surface area contributed by atoms with Gasteiger partial charge in [-0.05, 0) is 74.5 Å². The topological polar surface area (TPSA) is 54.7 Å². The quantitative estimate of drug-likeness (QED) is 0.807. The summed E-state index contributed by atoms with van der Waals surface area (Å²) in [6.07, 6.45) is 4.69. The second kappa shape index (κ2) is 8.13. The Morgan fingerprint density at radius 2 is 1.85 bits per heavy atom. The van der Waals surface area contributed by atoms with E-state index < -0.39 is 0 Å². The minimum absolute atomic E-state index is 0.0660. The first-order chi connectivity index (χ1) is 13.2. The maximum atomic E-state index is 12.9. The number of ether oxygens (including phenoxy) is 1. The first kappa shape index (κ1) is 18.0. The fourth-order valence-electron chi connectivity index (χ4n) is 3.35. The van der Waals surface area contributed by atoms with Crippen molar-refractivity contribution in [1.29, 1.82) is 0 Å². The summed E-state index contributed by atoms with van der Waals surface area (Å²) in [5, 5.41) is 3.62. The van der Waals surface area contributed by atoms with Crippen LogP contribution in [0, 0.1) is 11.7 Å². The number of nitrogens with zero attached hydrogens (tertiary/aromatic N) is 1. The Kier molecular flexibility index (Phi) is 5.43. The number of furan rings is 1. The number of amides is 1. The molecule has 0 spiro atoms. The van der Waals surface area contributed by atoms with Crippen molar-refractivity contribution in [2.45, 2.75) is 38.3 Å². The Morgan fingerprint density at radius 3 is 2.56 bits per heavy atom. The number of benzene rings is 1. The van der Waals surface area contributed by atoms with Gasteiger partial charge in [0.25, 0.3) is 5.91 Å². The van der Waals surface area contributed by atoms with Crippen LogP contribution in [0.3, 0.4) is 0 Å².